The minimum atomic E-state index is 0.515. The van der Waals surface area contributed by atoms with Crippen molar-refractivity contribution in [3.63, 3.8) is 0 Å². The van der Waals surface area contributed by atoms with Gasteiger partial charge in [0.15, 0.2) is 0 Å². The van der Waals surface area contributed by atoms with Gasteiger partial charge in [0, 0.05) is 0 Å². The summed E-state index contributed by atoms with van der Waals surface area (Å²) in [7, 11) is 0. The van der Waals surface area contributed by atoms with Crippen LogP contribution in [0.3, 0.4) is 0 Å². The summed E-state index contributed by atoms with van der Waals surface area (Å²) in [5, 5.41) is 8.66. The summed E-state index contributed by atoms with van der Waals surface area (Å²) in [6.45, 7) is 8.65. The van der Waals surface area contributed by atoms with E-state index >= 15 is 0 Å². The SMILES string of the molecule is Cc1cc(CC#N)cc(C(C)C)c1C. The van der Waals surface area contributed by atoms with Gasteiger partial charge in [-0.3, -0.25) is 0 Å². The van der Waals surface area contributed by atoms with E-state index in [0.717, 1.165) is 5.56 Å². The monoisotopic (exact) mass is 187 g/mol. The third kappa shape index (κ3) is 2.14. The van der Waals surface area contributed by atoms with Crippen molar-refractivity contribution >= 4 is 0 Å². The van der Waals surface area contributed by atoms with Gasteiger partial charge >= 0.3 is 0 Å². The zero-order valence-electron chi connectivity index (χ0n) is 9.39. The summed E-state index contributed by atoms with van der Waals surface area (Å²) in [6.07, 6.45) is 0.515. The first kappa shape index (κ1) is 10.8. The smallest absolute Gasteiger partial charge is 0.0669 e. The Bertz CT molecular complexity index is 370. The fourth-order valence-corrected chi connectivity index (χ4v) is 1.76. The number of hydrogen-bond donors (Lipinski definition) is 0. The molecule has 1 rings (SSSR count). The molecule has 1 nitrogen and oxygen atoms in total. The number of aryl methyl sites for hydroxylation is 1. The lowest BCUT2D eigenvalue weighted by Gasteiger charge is -2.13. The lowest BCUT2D eigenvalue weighted by Crippen LogP contribution is -1.97. The van der Waals surface area contributed by atoms with Crippen LogP contribution in [0.25, 0.3) is 0 Å². The van der Waals surface area contributed by atoms with Gasteiger partial charge < -0.3 is 0 Å². The predicted octanol–water partition coefficient (Wildman–Crippen LogP) is 3.49. The zero-order chi connectivity index (χ0) is 10.7. The summed E-state index contributed by atoms with van der Waals surface area (Å²) in [6, 6.07) is 6.48. The highest BCUT2D eigenvalue weighted by atomic mass is 14.2. The minimum absolute atomic E-state index is 0.515. The van der Waals surface area contributed by atoms with E-state index in [1.54, 1.807) is 0 Å². The number of nitrogens with zero attached hydrogens (tertiary/aromatic N) is 1. The van der Waals surface area contributed by atoms with Crippen molar-refractivity contribution in [3.8, 4) is 6.07 Å². The van der Waals surface area contributed by atoms with E-state index in [4.69, 9.17) is 5.26 Å². The maximum atomic E-state index is 8.66. The van der Waals surface area contributed by atoms with Crippen LogP contribution < -0.4 is 0 Å². The predicted molar refractivity (Wildman–Crippen MR) is 59.3 cm³/mol. The van der Waals surface area contributed by atoms with Gasteiger partial charge in [0.1, 0.15) is 0 Å². The molecule has 0 N–H and O–H groups in total. The topological polar surface area (TPSA) is 23.8 Å². The molecule has 0 atom stereocenters. The normalized spacial score (nSPS) is 10.3. The number of nitriles is 1. The number of rotatable bonds is 2. The van der Waals surface area contributed by atoms with Gasteiger partial charge in [-0.25, -0.2) is 0 Å². The largest absolute Gasteiger partial charge is 0.198 e. The van der Waals surface area contributed by atoms with Crippen LogP contribution in [-0.2, 0) is 6.42 Å². The molecule has 0 radical (unpaired) electrons. The van der Waals surface area contributed by atoms with Crippen LogP contribution in [0.1, 0.15) is 42.0 Å². The molecule has 14 heavy (non-hydrogen) atoms. The lowest BCUT2D eigenvalue weighted by atomic mass is 9.92. The van der Waals surface area contributed by atoms with Crippen LogP contribution in [0.2, 0.25) is 0 Å². The van der Waals surface area contributed by atoms with Crippen molar-refractivity contribution < 1.29 is 0 Å². The minimum Gasteiger partial charge on any atom is -0.198 e. The Kier molecular flexibility index (Phi) is 3.30. The fourth-order valence-electron chi connectivity index (χ4n) is 1.76. The summed E-state index contributed by atoms with van der Waals surface area (Å²) >= 11 is 0. The molecular weight excluding hydrogens is 170 g/mol. The third-order valence-electron chi connectivity index (χ3n) is 2.67. The second kappa shape index (κ2) is 4.28. The summed E-state index contributed by atoms with van der Waals surface area (Å²) in [5.41, 5.74) is 5.16. The maximum absolute atomic E-state index is 8.66. The van der Waals surface area contributed by atoms with E-state index in [-0.39, 0.29) is 0 Å². The maximum Gasteiger partial charge on any atom is 0.0669 e. The van der Waals surface area contributed by atoms with Gasteiger partial charge in [-0.2, -0.15) is 5.26 Å². The Morgan fingerprint density at radius 2 is 1.93 bits per heavy atom. The van der Waals surface area contributed by atoms with Crippen molar-refractivity contribution in [3.05, 3.63) is 34.4 Å². The first-order chi connectivity index (χ1) is 6.56. The molecule has 0 heterocycles. The molecule has 0 aliphatic rings. The molecule has 0 amide bonds. The van der Waals surface area contributed by atoms with Gasteiger partial charge in [-0.15, -0.1) is 0 Å². The molecule has 0 saturated carbocycles. The van der Waals surface area contributed by atoms with Crippen LogP contribution in [0, 0.1) is 25.2 Å². The van der Waals surface area contributed by atoms with Gasteiger partial charge in [0.05, 0.1) is 12.5 Å². The highest BCUT2D eigenvalue weighted by Gasteiger charge is 2.07. The molecule has 1 aromatic carbocycles. The Morgan fingerprint density at radius 1 is 1.29 bits per heavy atom. The Labute approximate surface area is 86.4 Å². The molecule has 0 bridgehead atoms. The number of hydrogen-bond acceptors (Lipinski definition) is 1. The summed E-state index contributed by atoms with van der Waals surface area (Å²) in [4.78, 5) is 0. The molecule has 0 aliphatic carbocycles. The molecule has 0 aliphatic heterocycles. The van der Waals surface area contributed by atoms with Crippen molar-refractivity contribution in [2.45, 2.75) is 40.0 Å². The molecule has 74 valence electrons. The first-order valence-corrected chi connectivity index (χ1v) is 5.03. The fraction of sp³-hybridized carbons (Fsp3) is 0.462. The van der Waals surface area contributed by atoms with Crippen molar-refractivity contribution in [2.24, 2.45) is 0 Å². The van der Waals surface area contributed by atoms with E-state index in [1.165, 1.54) is 16.7 Å². The average molecular weight is 187 g/mol. The molecule has 1 heteroatoms. The quantitative estimate of drug-likeness (QED) is 0.695. The summed E-state index contributed by atoms with van der Waals surface area (Å²) in [5.74, 6) is 0.535. The van der Waals surface area contributed by atoms with Crippen molar-refractivity contribution in [1.29, 1.82) is 5.26 Å². The molecule has 0 spiro atoms. The molecule has 0 aromatic heterocycles. The van der Waals surface area contributed by atoms with Crippen LogP contribution in [0.5, 0.6) is 0 Å². The third-order valence-corrected chi connectivity index (χ3v) is 2.67. The van der Waals surface area contributed by atoms with Gasteiger partial charge in [-0.1, -0.05) is 26.0 Å². The van der Waals surface area contributed by atoms with Gasteiger partial charge in [-0.05, 0) is 42.0 Å². The molecule has 0 unspecified atom stereocenters. The zero-order valence-corrected chi connectivity index (χ0v) is 9.39. The van der Waals surface area contributed by atoms with E-state index in [0.29, 0.717) is 12.3 Å². The Morgan fingerprint density at radius 3 is 2.43 bits per heavy atom. The average Bonchev–Trinajstić information content (AvgIpc) is 2.11. The van der Waals surface area contributed by atoms with Gasteiger partial charge in [0.2, 0.25) is 0 Å². The molecular formula is C13H17N. The van der Waals surface area contributed by atoms with Crippen LogP contribution in [0.15, 0.2) is 12.1 Å². The van der Waals surface area contributed by atoms with E-state index in [2.05, 4.69) is 45.9 Å². The van der Waals surface area contributed by atoms with E-state index in [1.807, 2.05) is 0 Å². The summed E-state index contributed by atoms with van der Waals surface area (Å²) < 4.78 is 0. The van der Waals surface area contributed by atoms with E-state index in [9.17, 15) is 0 Å². The lowest BCUT2D eigenvalue weighted by molar-refractivity contribution is 0.850. The second-order valence-electron chi connectivity index (χ2n) is 4.12. The van der Waals surface area contributed by atoms with Gasteiger partial charge in [0.25, 0.3) is 0 Å². The van der Waals surface area contributed by atoms with Crippen LogP contribution >= 0.6 is 0 Å². The Hall–Kier alpha value is -1.29. The van der Waals surface area contributed by atoms with Crippen molar-refractivity contribution in [1.82, 2.24) is 0 Å². The molecule has 0 saturated heterocycles. The standard InChI is InChI=1S/C13H17N/c1-9(2)13-8-12(5-6-14)7-10(3)11(13)4/h7-9H,5H2,1-4H3. The van der Waals surface area contributed by atoms with Crippen LogP contribution in [-0.4, -0.2) is 0 Å². The van der Waals surface area contributed by atoms with Crippen molar-refractivity contribution in [2.75, 3.05) is 0 Å². The van der Waals surface area contributed by atoms with E-state index < -0.39 is 0 Å². The number of benzene rings is 1. The molecule has 0 fully saturated rings. The van der Waals surface area contributed by atoms with Crippen LogP contribution in [0.4, 0.5) is 0 Å². The highest BCUT2D eigenvalue weighted by molar-refractivity contribution is 5.40. The highest BCUT2D eigenvalue weighted by Crippen LogP contribution is 2.23. The second-order valence-corrected chi connectivity index (χ2v) is 4.12. The first-order valence-electron chi connectivity index (χ1n) is 5.03. The Balaban J connectivity index is 3.22. The molecule has 1 aromatic rings.